The second-order valence-electron chi connectivity index (χ2n) is 4.66. The molecule has 0 bridgehead atoms. The topological polar surface area (TPSA) is 74.2 Å². The van der Waals surface area contributed by atoms with Crippen LogP contribution in [0.25, 0.3) is 0 Å². The van der Waals surface area contributed by atoms with Crippen molar-refractivity contribution in [3.63, 3.8) is 0 Å². The Labute approximate surface area is 102 Å². The smallest absolute Gasteiger partial charge is 0.228 e. The van der Waals surface area contributed by atoms with Crippen LogP contribution in [0.5, 0.6) is 0 Å². The number of rotatable bonds is 4. The third kappa shape index (κ3) is 2.66. The van der Waals surface area contributed by atoms with Crippen LogP contribution in [0.15, 0.2) is 4.52 Å². The molecule has 0 aliphatic heterocycles. The van der Waals surface area contributed by atoms with Crippen molar-refractivity contribution < 1.29 is 9.26 Å². The molecule has 1 aromatic heterocycles. The zero-order valence-corrected chi connectivity index (χ0v) is 10.4. The maximum atomic E-state index is 5.72. The summed E-state index contributed by atoms with van der Waals surface area (Å²) in [5.74, 6) is 1.31. The van der Waals surface area contributed by atoms with Crippen molar-refractivity contribution in [1.82, 2.24) is 10.1 Å². The Bertz CT molecular complexity index is 343. The van der Waals surface area contributed by atoms with Gasteiger partial charge in [-0.2, -0.15) is 4.98 Å². The maximum absolute atomic E-state index is 5.72. The first-order valence-electron chi connectivity index (χ1n) is 6.39. The van der Waals surface area contributed by atoms with E-state index in [1.54, 1.807) is 7.11 Å². The van der Waals surface area contributed by atoms with E-state index in [2.05, 4.69) is 10.1 Å². The minimum Gasteiger partial charge on any atom is -0.370 e. The average Bonchev–Trinajstić information content (AvgIpc) is 2.68. The molecule has 1 aliphatic carbocycles. The number of aromatic nitrogens is 2. The summed E-state index contributed by atoms with van der Waals surface area (Å²) in [4.78, 5) is 4.43. The Balaban J connectivity index is 2.19. The van der Waals surface area contributed by atoms with Gasteiger partial charge in [-0.15, -0.1) is 0 Å². The average molecular weight is 239 g/mol. The summed E-state index contributed by atoms with van der Waals surface area (Å²) in [6, 6.07) is 0. The highest BCUT2D eigenvalue weighted by Crippen LogP contribution is 2.37. The standard InChI is InChI=1S/C12H21N3O2/c1-16-12(7-4-2-3-5-8-12)11-14-10(6-9-13)17-15-11/h2-9,13H2,1H3. The highest BCUT2D eigenvalue weighted by Gasteiger charge is 2.37. The van der Waals surface area contributed by atoms with Crippen LogP contribution >= 0.6 is 0 Å². The molecule has 96 valence electrons. The Morgan fingerprint density at radius 1 is 1.29 bits per heavy atom. The van der Waals surface area contributed by atoms with Gasteiger partial charge in [0.15, 0.2) is 0 Å². The number of ether oxygens (including phenoxy) is 1. The predicted octanol–water partition coefficient (Wildman–Crippen LogP) is 1.77. The Morgan fingerprint density at radius 2 is 2.00 bits per heavy atom. The van der Waals surface area contributed by atoms with Crippen LogP contribution in [-0.2, 0) is 16.8 Å². The number of hydrogen-bond acceptors (Lipinski definition) is 5. The minimum absolute atomic E-state index is 0.340. The van der Waals surface area contributed by atoms with Crippen LogP contribution in [0.1, 0.15) is 50.2 Å². The Hall–Kier alpha value is -0.940. The highest BCUT2D eigenvalue weighted by molar-refractivity contribution is 5.02. The molecule has 1 aliphatic rings. The molecule has 0 radical (unpaired) electrons. The summed E-state index contributed by atoms with van der Waals surface area (Å²) in [5.41, 5.74) is 5.14. The van der Waals surface area contributed by atoms with E-state index in [-0.39, 0.29) is 5.60 Å². The third-order valence-electron chi connectivity index (χ3n) is 3.54. The van der Waals surface area contributed by atoms with Crippen LogP contribution < -0.4 is 5.73 Å². The van der Waals surface area contributed by atoms with Crippen LogP contribution in [0.4, 0.5) is 0 Å². The molecule has 5 heteroatoms. The lowest BCUT2D eigenvalue weighted by molar-refractivity contribution is -0.0365. The molecule has 0 aromatic carbocycles. The van der Waals surface area contributed by atoms with Gasteiger partial charge in [-0.3, -0.25) is 0 Å². The van der Waals surface area contributed by atoms with E-state index in [9.17, 15) is 0 Å². The number of nitrogens with zero attached hydrogens (tertiary/aromatic N) is 2. The van der Waals surface area contributed by atoms with Gasteiger partial charge in [-0.05, 0) is 12.8 Å². The quantitative estimate of drug-likeness (QED) is 0.810. The van der Waals surface area contributed by atoms with E-state index in [1.807, 2.05) is 0 Å². The molecule has 0 saturated heterocycles. The van der Waals surface area contributed by atoms with Crippen molar-refractivity contribution in [2.45, 2.75) is 50.5 Å². The van der Waals surface area contributed by atoms with Crippen molar-refractivity contribution in [3.05, 3.63) is 11.7 Å². The molecule has 1 aromatic rings. The molecule has 2 rings (SSSR count). The van der Waals surface area contributed by atoms with Gasteiger partial charge < -0.3 is 15.0 Å². The van der Waals surface area contributed by atoms with Crippen molar-refractivity contribution in [2.24, 2.45) is 5.73 Å². The van der Waals surface area contributed by atoms with Crippen molar-refractivity contribution in [2.75, 3.05) is 13.7 Å². The van der Waals surface area contributed by atoms with Gasteiger partial charge >= 0.3 is 0 Å². The lowest BCUT2D eigenvalue weighted by atomic mass is 9.93. The molecule has 0 unspecified atom stereocenters. The fraction of sp³-hybridized carbons (Fsp3) is 0.833. The van der Waals surface area contributed by atoms with Gasteiger partial charge in [0.1, 0.15) is 5.60 Å². The summed E-state index contributed by atoms with van der Waals surface area (Å²) in [7, 11) is 1.74. The Kier molecular flexibility index (Phi) is 4.12. The molecule has 2 N–H and O–H groups in total. The molecule has 0 spiro atoms. The first kappa shape index (κ1) is 12.5. The molecule has 1 heterocycles. The van der Waals surface area contributed by atoms with Crippen molar-refractivity contribution in [1.29, 1.82) is 0 Å². The molecule has 5 nitrogen and oxygen atoms in total. The summed E-state index contributed by atoms with van der Waals surface area (Å²) >= 11 is 0. The number of hydrogen-bond donors (Lipinski definition) is 1. The van der Waals surface area contributed by atoms with Gasteiger partial charge in [0.2, 0.25) is 11.7 Å². The van der Waals surface area contributed by atoms with Crippen LogP contribution in [0, 0.1) is 0 Å². The van der Waals surface area contributed by atoms with Gasteiger partial charge in [-0.25, -0.2) is 0 Å². The van der Waals surface area contributed by atoms with Crippen molar-refractivity contribution in [3.8, 4) is 0 Å². The normalized spacial score (nSPS) is 20.1. The van der Waals surface area contributed by atoms with Gasteiger partial charge in [0.05, 0.1) is 0 Å². The van der Waals surface area contributed by atoms with E-state index in [1.165, 1.54) is 12.8 Å². The van der Waals surface area contributed by atoms with E-state index in [0.717, 1.165) is 25.7 Å². The van der Waals surface area contributed by atoms with Crippen LogP contribution in [0.3, 0.4) is 0 Å². The zero-order valence-electron chi connectivity index (χ0n) is 10.4. The summed E-state index contributed by atoms with van der Waals surface area (Å²) < 4.78 is 10.9. The lowest BCUT2D eigenvalue weighted by Gasteiger charge is -2.27. The molecule has 1 saturated carbocycles. The number of nitrogens with two attached hydrogens (primary N) is 1. The fourth-order valence-electron chi connectivity index (χ4n) is 2.48. The van der Waals surface area contributed by atoms with Crippen LogP contribution in [0.2, 0.25) is 0 Å². The van der Waals surface area contributed by atoms with Gasteiger partial charge in [-0.1, -0.05) is 30.8 Å². The fourth-order valence-corrected chi connectivity index (χ4v) is 2.48. The molecule has 1 fully saturated rings. The maximum Gasteiger partial charge on any atom is 0.228 e. The zero-order chi connectivity index (χ0) is 12.1. The highest BCUT2D eigenvalue weighted by atomic mass is 16.5. The largest absolute Gasteiger partial charge is 0.370 e. The second-order valence-corrected chi connectivity index (χ2v) is 4.66. The number of methoxy groups -OCH3 is 1. The third-order valence-corrected chi connectivity index (χ3v) is 3.54. The van der Waals surface area contributed by atoms with E-state index in [4.69, 9.17) is 15.0 Å². The first-order valence-corrected chi connectivity index (χ1v) is 6.39. The van der Waals surface area contributed by atoms with Crippen molar-refractivity contribution >= 4 is 0 Å². The molecular formula is C12H21N3O2. The minimum atomic E-state index is -0.340. The predicted molar refractivity (Wildman–Crippen MR) is 63.4 cm³/mol. The SMILES string of the molecule is COC1(c2noc(CCN)n2)CCCCCC1. The first-order chi connectivity index (χ1) is 8.30. The Morgan fingerprint density at radius 3 is 2.59 bits per heavy atom. The second kappa shape index (κ2) is 5.60. The lowest BCUT2D eigenvalue weighted by Crippen LogP contribution is -2.29. The summed E-state index contributed by atoms with van der Waals surface area (Å²) in [5, 5.41) is 4.08. The van der Waals surface area contributed by atoms with Gasteiger partial charge in [0, 0.05) is 20.1 Å². The van der Waals surface area contributed by atoms with Crippen LogP contribution in [-0.4, -0.2) is 23.8 Å². The van der Waals surface area contributed by atoms with E-state index >= 15 is 0 Å². The van der Waals surface area contributed by atoms with E-state index < -0.39 is 0 Å². The molecule has 0 atom stereocenters. The molecule has 0 amide bonds. The monoisotopic (exact) mass is 239 g/mol. The molecule has 17 heavy (non-hydrogen) atoms. The summed E-state index contributed by atoms with van der Waals surface area (Å²) in [6.07, 6.45) is 7.43. The summed E-state index contributed by atoms with van der Waals surface area (Å²) in [6.45, 7) is 0.529. The molecular weight excluding hydrogens is 218 g/mol. The van der Waals surface area contributed by atoms with E-state index in [0.29, 0.717) is 24.7 Å². The van der Waals surface area contributed by atoms with Gasteiger partial charge in [0.25, 0.3) is 0 Å².